The first-order valence-corrected chi connectivity index (χ1v) is 9.74. The molecule has 0 spiro atoms. The molecule has 0 radical (unpaired) electrons. The summed E-state index contributed by atoms with van der Waals surface area (Å²) >= 11 is 0. The van der Waals surface area contributed by atoms with E-state index in [2.05, 4.69) is 0 Å². The molecule has 5 nitrogen and oxygen atoms in total. The highest BCUT2D eigenvalue weighted by Gasteiger charge is 2.25. The molecule has 1 N–H and O–H groups in total. The van der Waals surface area contributed by atoms with Crippen LogP contribution in [0.3, 0.4) is 0 Å². The van der Waals surface area contributed by atoms with Crippen molar-refractivity contribution in [2.45, 2.75) is 26.3 Å². The Bertz CT molecular complexity index is 1030. The van der Waals surface area contributed by atoms with Gasteiger partial charge in [0.2, 0.25) is 6.73 Å². The summed E-state index contributed by atoms with van der Waals surface area (Å²) in [7, 11) is 1.72. The zero-order chi connectivity index (χ0) is 19.5. The van der Waals surface area contributed by atoms with Crippen LogP contribution in [-0.2, 0) is 17.7 Å². The van der Waals surface area contributed by atoms with Crippen LogP contribution >= 0.6 is 0 Å². The number of ether oxygens (including phenoxy) is 2. The number of hydrogen-bond donors (Lipinski definition) is 1. The average Bonchev–Trinajstić information content (AvgIpc) is 2.72. The van der Waals surface area contributed by atoms with Crippen LogP contribution in [0.5, 0.6) is 5.75 Å². The Labute approximate surface area is 164 Å². The first-order valence-electron chi connectivity index (χ1n) is 9.74. The van der Waals surface area contributed by atoms with Gasteiger partial charge in [0.1, 0.15) is 12.3 Å². The average molecular weight is 380 g/mol. The van der Waals surface area contributed by atoms with Gasteiger partial charge in [0.15, 0.2) is 5.58 Å². The van der Waals surface area contributed by atoms with Crippen LogP contribution in [-0.4, -0.2) is 27.0 Å². The summed E-state index contributed by atoms with van der Waals surface area (Å²) < 4.78 is 16.9. The molecule has 2 aromatic carbocycles. The lowest BCUT2D eigenvalue weighted by molar-refractivity contribution is -0.932. The minimum atomic E-state index is -0.256. The van der Waals surface area contributed by atoms with Crippen LogP contribution < -0.4 is 15.3 Å². The summed E-state index contributed by atoms with van der Waals surface area (Å²) in [6.07, 6.45) is 1.55. The summed E-state index contributed by atoms with van der Waals surface area (Å²) in [4.78, 5) is 14.1. The molecule has 146 valence electrons. The molecule has 0 saturated carbocycles. The maximum absolute atomic E-state index is 12.8. The van der Waals surface area contributed by atoms with Crippen LogP contribution in [0.1, 0.15) is 28.7 Å². The molecule has 0 aliphatic carbocycles. The lowest BCUT2D eigenvalue weighted by Gasteiger charge is -2.26. The van der Waals surface area contributed by atoms with E-state index < -0.39 is 0 Å². The number of benzene rings is 2. The van der Waals surface area contributed by atoms with Crippen LogP contribution in [0.4, 0.5) is 0 Å². The predicted octanol–water partition coefficient (Wildman–Crippen LogP) is 2.46. The molecule has 3 aromatic rings. The van der Waals surface area contributed by atoms with Gasteiger partial charge < -0.3 is 13.9 Å². The fourth-order valence-corrected chi connectivity index (χ4v) is 3.91. The van der Waals surface area contributed by atoms with Gasteiger partial charge in [-0.2, -0.15) is 0 Å². The van der Waals surface area contributed by atoms with Crippen molar-refractivity contribution in [2.24, 2.45) is 0 Å². The SMILES string of the molecule is COCCC[NH+]1COc2ccc3c(C)c(Cc4ccccc4)c(=O)oc3c2C1. The van der Waals surface area contributed by atoms with E-state index in [9.17, 15) is 4.79 Å². The number of methoxy groups -OCH3 is 1. The normalized spacial score (nSPS) is 16.0. The first kappa shape index (κ1) is 18.7. The molecular weight excluding hydrogens is 354 g/mol. The largest absolute Gasteiger partial charge is 0.445 e. The van der Waals surface area contributed by atoms with Gasteiger partial charge in [0.05, 0.1) is 18.7 Å². The Morgan fingerprint density at radius 3 is 2.75 bits per heavy atom. The summed E-state index contributed by atoms with van der Waals surface area (Å²) in [5, 5.41) is 0.992. The van der Waals surface area contributed by atoms with Crippen molar-refractivity contribution in [3.63, 3.8) is 0 Å². The third kappa shape index (κ3) is 3.68. The molecule has 2 heterocycles. The molecule has 1 aliphatic heterocycles. The van der Waals surface area contributed by atoms with Gasteiger partial charge >= 0.3 is 5.63 Å². The quantitative estimate of drug-likeness (QED) is 0.527. The number of aryl methyl sites for hydroxylation is 1. The first-order chi connectivity index (χ1) is 13.7. The van der Waals surface area contributed by atoms with Crippen molar-refractivity contribution in [1.29, 1.82) is 0 Å². The molecule has 4 rings (SSSR count). The number of quaternary nitrogens is 1. The standard InChI is InChI=1S/C23H25NO4/c1-16-18-9-10-21-20(14-24(15-27-21)11-6-12-26-2)22(18)28-23(25)19(16)13-17-7-4-3-5-8-17/h3-5,7-10H,6,11-15H2,1-2H3/p+1. The van der Waals surface area contributed by atoms with Gasteiger partial charge in [-0.3, -0.25) is 4.90 Å². The van der Waals surface area contributed by atoms with Gasteiger partial charge in [-0.05, 0) is 30.2 Å². The van der Waals surface area contributed by atoms with E-state index >= 15 is 0 Å². The second kappa shape index (κ2) is 8.17. The molecule has 0 fully saturated rings. The molecule has 0 saturated heterocycles. The van der Waals surface area contributed by atoms with Gasteiger partial charge in [-0.25, -0.2) is 4.79 Å². The minimum absolute atomic E-state index is 0.256. The van der Waals surface area contributed by atoms with Crippen molar-refractivity contribution in [3.8, 4) is 5.75 Å². The highest BCUT2D eigenvalue weighted by atomic mass is 16.5. The smallest absolute Gasteiger partial charge is 0.340 e. The minimum Gasteiger partial charge on any atom is -0.445 e. The Kier molecular flexibility index (Phi) is 5.46. The van der Waals surface area contributed by atoms with Crippen LogP contribution in [0, 0.1) is 6.92 Å². The van der Waals surface area contributed by atoms with E-state index in [1.165, 1.54) is 4.90 Å². The van der Waals surface area contributed by atoms with Crippen molar-refractivity contribution >= 4 is 11.0 Å². The van der Waals surface area contributed by atoms with Crippen molar-refractivity contribution in [2.75, 3.05) is 27.0 Å². The van der Waals surface area contributed by atoms with Crippen molar-refractivity contribution < 1.29 is 18.8 Å². The van der Waals surface area contributed by atoms with E-state index in [0.29, 0.717) is 18.7 Å². The lowest BCUT2D eigenvalue weighted by Crippen LogP contribution is -3.12. The van der Waals surface area contributed by atoms with Gasteiger partial charge in [0, 0.05) is 30.9 Å². The predicted molar refractivity (Wildman–Crippen MR) is 108 cm³/mol. The van der Waals surface area contributed by atoms with E-state index in [1.807, 2.05) is 49.4 Å². The number of rotatable bonds is 6. The monoisotopic (exact) mass is 380 g/mol. The molecule has 1 atom stereocenters. The summed E-state index contributed by atoms with van der Waals surface area (Å²) in [5.74, 6) is 0.821. The highest BCUT2D eigenvalue weighted by Crippen LogP contribution is 2.31. The van der Waals surface area contributed by atoms with E-state index in [0.717, 1.165) is 59.5 Å². The van der Waals surface area contributed by atoms with Crippen molar-refractivity contribution in [1.82, 2.24) is 0 Å². The maximum atomic E-state index is 12.8. The Morgan fingerprint density at radius 1 is 1.14 bits per heavy atom. The number of nitrogens with one attached hydrogen (secondary N) is 1. The molecule has 5 heteroatoms. The number of hydrogen-bond acceptors (Lipinski definition) is 4. The lowest BCUT2D eigenvalue weighted by atomic mass is 9.98. The Balaban J connectivity index is 1.70. The fraction of sp³-hybridized carbons (Fsp3) is 0.348. The van der Waals surface area contributed by atoms with E-state index in [4.69, 9.17) is 13.9 Å². The van der Waals surface area contributed by atoms with Crippen LogP contribution in [0.25, 0.3) is 11.0 Å². The molecule has 1 aliphatic rings. The van der Waals surface area contributed by atoms with E-state index in [1.54, 1.807) is 7.11 Å². The molecule has 28 heavy (non-hydrogen) atoms. The number of fused-ring (bicyclic) bond motifs is 3. The topological polar surface area (TPSA) is 53.1 Å². The molecule has 0 bridgehead atoms. The Hall–Kier alpha value is -2.63. The maximum Gasteiger partial charge on any atom is 0.340 e. The second-order valence-electron chi connectivity index (χ2n) is 7.39. The zero-order valence-corrected chi connectivity index (χ0v) is 16.4. The summed E-state index contributed by atoms with van der Waals surface area (Å²) in [6.45, 7) is 5.12. The summed E-state index contributed by atoms with van der Waals surface area (Å²) in [5.41, 5.74) is 4.22. The highest BCUT2D eigenvalue weighted by molar-refractivity contribution is 5.85. The van der Waals surface area contributed by atoms with Crippen molar-refractivity contribution in [3.05, 3.63) is 75.1 Å². The third-order valence-electron chi connectivity index (χ3n) is 5.48. The van der Waals surface area contributed by atoms with Gasteiger partial charge in [0.25, 0.3) is 0 Å². The molecule has 1 unspecified atom stereocenters. The summed E-state index contributed by atoms with van der Waals surface area (Å²) in [6, 6.07) is 14.0. The van der Waals surface area contributed by atoms with Gasteiger partial charge in [-0.15, -0.1) is 0 Å². The Morgan fingerprint density at radius 2 is 1.96 bits per heavy atom. The fourth-order valence-electron chi connectivity index (χ4n) is 3.91. The zero-order valence-electron chi connectivity index (χ0n) is 16.4. The molecule has 0 amide bonds. The third-order valence-corrected chi connectivity index (χ3v) is 5.48. The van der Waals surface area contributed by atoms with Crippen LogP contribution in [0.2, 0.25) is 0 Å². The van der Waals surface area contributed by atoms with E-state index in [-0.39, 0.29) is 5.63 Å². The second-order valence-corrected chi connectivity index (χ2v) is 7.39. The molecule has 1 aromatic heterocycles. The van der Waals surface area contributed by atoms with Gasteiger partial charge in [-0.1, -0.05) is 30.3 Å². The van der Waals surface area contributed by atoms with Crippen LogP contribution in [0.15, 0.2) is 51.7 Å². The molecular formula is C23H26NO4+.